The zero-order valence-corrected chi connectivity index (χ0v) is 13.9. The van der Waals surface area contributed by atoms with Gasteiger partial charge in [0.2, 0.25) is 5.91 Å². The molecule has 0 radical (unpaired) electrons. The Morgan fingerprint density at radius 1 is 1.59 bits per heavy atom. The number of piperidine rings is 1. The van der Waals surface area contributed by atoms with Gasteiger partial charge in [0.15, 0.2) is 0 Å². The molecule has 1 saturated heterocycles. The van der Waals surface area contributed by atoms with Crippen molar-refractivity contribution in [2.24, 2.45) is 5.41 Å². The molecule has 1 aromatic carbocycles. The standard InChI is InChI=1S/C15H20ClFN2O2.ClH/c1-15(5-2-6-18-9-15)14(21)19-8-13(20)10-3-4-11(16)12(17)7-10;/h3-4,7,13,18,20H,2,5-6,8-9H2,1H3,(H,19,21);1H. The lowest BCUT2D eigenvalue weighted by atomic mass is 9.82. The van der Waals surface area contributed by atoms with Crippen molar-refractivity contribution in [1.29, 1.82) is 0 Å². The van der Waals surface area contributed by atoms with Gasteiger partial charge in [-0.3, -0.25) is 4.79 Å². The van der Waals surface area contributed by atoms with Gasteiger partial charge in [-0.15, -0.1) is 12.4 Å². The van der Waals surface area contributed by atoms with Crippen molar-refractivity contribution in [3.05, 3.63) is 34.6 Å². The van der Waals surface area contributed by atoms with Gasteiger partial charge in [-0.2, -0.15) is 0 Å². The Balaban J connectivity index is 0.00000242. The molecule has 2 rings (SSSR count). The second-order valence-corrected chi connectivity index (χ2v) is 6.15. The number of hydrogen-bond donors (Lipinski definition) is 3. The fourth-order valence-corrected chi connectivity index (χ4v) is 2.61. The minimum atomic E-state index is -0.958. The summed E-state index contributed by atoms with van der Waals surface area (Å²) in [4.78, 5) is 12.2. The van der Waals surface area contributed by atoms with Crippen LogP contribution in [0.25, 0.3) is 0 Å². The highest BCUT2D eigenvalue weighted by molar-refractivity contribution is 6.30. The first-order chi connectivity index (χ1) is 9.92. The molecule has 0 bridgehead atoms. The van der Waals surface area contributed by atoms with Gasteiger partial charge in [0, 0.05) is 13.1 Å². The smallest absolute Gasteiger partial charge is 0.227 e. The summed E-state index contributed by atoms with van der Waals surface area (Å²) in [6, 6.07) is 4.12. The molecule has 3 N–H and O–H groups in total. The molecule has 1 heterocycles. The third-order valence-corrected chi connectivity index (χ3v) is 4.24. The minimum Gasteiger partial charge on any atom is -0.387 e. The van der Waals surface area contributed by atoms with Crippen LogP contribution in [-0.2, 0) is 4.79 Å². The van der Waals surface area contributed by atoms with Gasteiger partial charge < -0.3 is 15.7 Å². The average molecular weight is 351 g/mol. The number of benzene rings is 1. The Morgan fingerprint density at radius 3 is 2.91 bits per heavy atom. The quantitative estimate of drug-likeness (QED) is 0.781. The third-order valence-electron chi connectivity index (χ3n) is 3.93. The molecule has 0 aliphatic carbocycles. The highest BCUT2D eigenvalue weighted by Crippen LogP contribution is 2.26. The maximum absolute atomic E-state index is 13.4. The average Bonchev–Trinajstić information content (AvgIpc) is 2.48. The lowest BCUT2D eigenvalue weighted by Crippen LogP contribution is -2.49. The summed E-state index contributed by atoms with van der Waals surface area (Å²) >= 11 is 5.60. The van der Waals surface area contributed by atoms with Crippen molar-refractivity contribution < 1.29 is 14.3 Å². The number of carbonyl (C=O) groups is 1. The van der Waals surface area contributed by atoms with Crippen molar-refractivity contribution in [1.82, 2.24) is 10.6 Å². The molecule has 124 valence electrons. The van der Waals surface area contributed by atoms with Crippen LogP contribution >= 0.6 is 24.0 Å². The van der Waals surface area contributed by atoms with Crippen LogP contribution in [0.5, 0.6) is 0 Å². The topological polar surface area (TPSA) is 61.4 Å². The molecular formula is C15H21Cl2FN2O2. The van der Waals surface area contributed by atoms with Crippen LogP contribution in [0, 0.1) is 11.2 Å². The molecule has 0 aromatic heterocycles. The molecule has 1 aliphatic rings. The van der Waals surface area contributed by atoms with Gasteiger partial charge in [-0.05, 0) is 44.0 Å². The van der Waals surface area contributed by atoms with Crippen LogP contribution in [0.2, 0.25) is 5.02 Å². The Morgan fingerprint density at radius 2 is 2.32 bits per heavy atom. The fraction of sp³-hybridized carbons (Fsp3) is 0.533. The van der Waals surface area contributed by atoms with Crippen molar-refractivity contribution >= 4 is 29.9 Å². The van der Waals surface area contributed by atoms with E-state index in [0.717, 1.165) is 19.4 Å². The van der Waals surface area contributed by atoms with Crippen LogP contribution in [-0.4, -0.2) is 30.6 Å². The SMILES string of the molecule is CC1(C(=O)NCC(O)c2ccc(Cl)c(F)c2)CCCNC1.Cl. The van der Waals surface area contributed by atoms with Gasteiger partial charge in [0.05, 0.1) is 16.5 Å². The number of rotatable bonds is 4. The molecular weight excluding hydrogens is 330 g/mol. The normalized spacial score (nSPS) is 22.5. The van der Waals surface area contributed by atoms with E-state index in [4.69, 9.17) is 11.6 Å². The molecule has 22 heavy (non-hydrogen) atoms. The fourth-order valence-electron chi connectivity index (χ4n) is 2.49. The Hall–Kier alpha value is -0.880. The predicted octanol–water partition coefficient (Wildman–Crippen LogP) is 2.44. The zero-order valence-electron chi connectivity index (χ0n) is 12.4. The number of carbonyl (C=O) groups excluding carboxylic acids is 1. The number of amides is 1. The number of nitrogens with one attached hydrogen (secondary N) is 2. The van der Waals surface area contributed by atoms with Crippen molar-refractivity contribution in [2.45, 2.75) is 25.9 Å². The number of hydrogen-bond acceptors (Lipinski definition) is 3. The van der Waals surface area contributed by atoms with E-state index in [1.807, 2.05) is 6.92 Å². The van der Waals surface area contributed by atoms with Crippen LogP contribution in [0.4, 0.5) is 4.39 Å². The van der Waals surface area contributed by atoms with Crippen LogP contribution in [0.3, 0.4) is 0 Å². The number of aliphatic hydroxyl groups excluding tert-OH is 1. The van der Waals surface area contributed by atoms with E-state index < -0.39 is 17.3 Å². The maximum Gasteiger partial charge on any atom is 0.227 e. The van der Waals surface area contributed by atoms with Crippen molar-refractivity contribution in [3.8, 4) is 0 Å². The van der Waals surface area contributed by atoms with Crippen LogP contribution < -0.4 is 10.6 Å². The van der Waals surface area contributed by atoms with E-state index in [1.165, 1.54) is 12.1 Å². The molecule has 0 spiro atoms. The molecule has 1 aliphatic heterocycles. The lowest BCUT2D eigenvalue weighted by molar-refractivity contribution is -0.131. The first-order valence-corrected chi connectivity index (χ1v) is 7.42. The maximum atomic E-state index is 13.4. The summed E-state index contributed by atoms with van der Waals surface area (Å²) in [5.74, 6) is -0.675. The Labute approximate surface area is 140 Å². The monoisotopic (exact) mass is 350 g/mol. The molecule has 1 aromatic rings. The van der Waals surface area contributed by atoms with Crippen LogP contribution in [0.15, 0.2) is 18.2 Å². The molecule has 7 heteroatoms. The summed E-state index contributed by atoms with van der Waals surface area (Å²) in [5, 5.41) is 16.0. The number of aliphatic hydroxyl groups is 1. The van der Waals surface area contributed by atoms with Crippen LogP contribution in [0.1, 0.15) is 31.4 Å². The predicted molar refractivity (Wildman–Crippen MR) is 86.8 cm³/mol. The van der Waals surface area contributed by atoms with E-state index in [9.17, 15) is 14.3 Å². The van der Waals surface area contributed by atoms with Gasteiger partial charge in [-0.1, -0.05) is 17.7 Å². The second-order valence-electron chi connectivity index (χ2n) is 5.74. The van der Waals surface area contributed by atoms with E-state index in [2.05, 4.69) is 10.6 Å². The summed E-state index contributed by atoms with van der Waals surface area (Å²) < 4.78 is 13.4. The Kier molecular flexibility index (Phi) is 7.06. The molecule has 1 fully saturated rings. The van der Waals surface area contributed by atoms with Crippen molar-refractivity contribution in [2.75, 3.05) is 19.6 Å². The summed E-state index contributed by atoms with van der Waals surface area (Å²) in [7, 11) is 0. The van der Waals surface area contributed by atoms with E-state index in [-0.39, 0.29) is 29.9 Å². The molecule has 2 unspecified atom stereocenters. The first-order valence-electron chi connectivity index (χ1n) is 7.04. The zero-order chi connectivity index (χ0) is 15.5. The van der Waals surface area contributed by atoms with Crippen molar-refractivity contribution in [3.63, 3.8) is 0 Å². The largest absolute Gasteiger partial charge is 0.387 e. The second kappa shape index (κ2) is 8.11. The molecule has 4 nitrogen and oxygen atoms in total. The summed E-state index contributed by atoms with van der Waals surface area (Å²) in [5.41, 5.74) is -0.0624. The summed E-state index contributed by atoms with van der Waals surface area (Å²) in [6.45, 7) is 3.51. The lowest BCUT2D eigenvalue weighted by Gasteiger charge is -2.32. The highest BCUT2D eigenvalue weighted by Gasteiger charge is 2.34. The van der Waals surface area contributed by atoms with E-state index >= 15 is 0 Å². The first kappa shape index (κ1) is 19.2. The van der Waals surface area contributed by atoms with E-state index in [1.54, 1.807) is 6.07 Å². The van der Waals surface area contributed by atoms with Gasteiger partial charge in [-0.25, -0.2) is 4.39 Å². The summed E-state index contributed by atoms with van der Waals surface area (Å²) in [6.07, 6.45) is 0.813. The molecule has 2 atom stereocenters. The van der Waals surface area contributed by atoms with Gasteiger partial charge in [0.1, 0.15) is 5.82 Å². The molecule has 0 saturated carbocycles. The molecule has 1 amide bonds. The highest BCUT2D eigenvalue weighted by atomic mass is 35.5. The Bertz CT molecular complexity index is 522. The van der Waals surface area contributed by atoms with E-state index in [0.29, 0.717) is 12.1 Å². The third kappa shape index (κ3) is 4.56. The number of halogens is 3. The van der Waals surface area contributed by atoms with Gasteiger partial charge in [0.25, 0.3) is 0 Å². The van der Waals surface area contributed by atoms with Gasteiger partial charge >= 0.3 is 0 Å². The minimum absolute atomic E-state index is 0.